The Bertz CT molecular complexity index is 425. The van der Waals surface area contributed by atoms with E-state index in [4.69, 9.17) is 0 Å². The monoisotopic (exact) mass is 289 g/mol. The van der Waals surface area contributed by atoms with Crippen LogP contribution in [0, 0.1) is 5.92 Å². The summed E-state index contributed by atoms with van der Waals surface area (Å²) in [5.74, 6) is 0.689. The molecule has 1 heterocycles. The second-order valence-corrected chi connectivity index (χ2v) is 6.47. The lowest BCUT2D eigenvalue weighted by atomic mass is 9.89. The smallest absolute Gasteiger partial charge is 0.0367 e. The van der Waals surface area contributed by atoms with Gasteiger partial charge in [0.2, 0.25) is 0 Å². The molecule has 1 aliphatic heterocycles. The third kappa shape index (κ3) is 3.91. The summed E-state index contributed by atoms with van der Waals surface area (Å²) in [7, 11) is 2.23. The van der Waals surface area contributed by atoms with Crippen LogP contribution >= 0.6 is 0 Å². The molecule has 2 rings (SSSR count). The fourth-order valence-corrected chi connectivity index (χ4v) is 3.31. The average Bonchev–Trinajstić information content (AvgIpc) is 2.48. The van der Waals surface area contributed by atoms with E-state index in [-0.39, 0.29) is 0 Å². The molecule has 0 radical (unpaired) electrons. The summed E-state index contributed by atoms with van der Waals surface area (Å²) in [5.41, 5.74) is 2.56. The number of hydrogen-bond acceptors (Lipinski definition) is 3. The minimum absolute atomic E-state index is 0.579. The molecule has 3 heteroatoms. The highest BCUT2D eigenvalue weighted by Crippen LogP contribution is 2.25. The molecule has 0 amide bonds. The largest absolute Gasteiger partial charge is 0.382 e. The van der Waals surface area contributed by atoms with Crippen LogP contribution in [0.5, 0.6) is 0 Å². The van der Waals surface area contributed by atoms with Crippen LogP contribution in [-0.4, -0.2) is 43.7 Å². The summed E-state index contributed by atoms with van der Waals surface area (Å²) in [6.45, 7) is 12.4. The second kappa shape index (κ2) is 7.17. The van der Waals surface area contributed by atoms with Crippen molar-refractivity contribution in [1.82, 2.24) is 4.90 Å². The molecular weight excluding hydrogens is 258 g/mol. The zero-order valence-corrected chi connectivity index (χ0v) is 14.3. The summed E-state index contributed by atoms with van der Waals surface area (Å²) in [6.07, 6.45) is 1.22. The van der Waals surface area contributed by atoms with Gasteiger partial charge < -0.3 is 15.1 Å². The summed E-state index contributed by atoms with van der Waals surface area (Å²) >= 11 is 0. The van der Waals surface area contributed by atoms with Gasteiger partial charge in [-0.1, -0.05) is 6.92 Å². The van der Waals surface area contributed by atoms with Crippen molar-refractivity contribution in [3.63, 3.8) is 0 Å². The molecule has 1 fully saturated rings. The molecule has 0 aliphatic carbocycles. The van der Waals surface area contributed by atoms with Crippen LogP contribution in [0.25, 0.3) is 0 Å². The standard InChI is InChI=1S/C18H31N3/c1-6-21(7-2)17-10-8-16(9-11-17)19-18-12-15(4)20(5)13-14(18)3/h8-11,14-15,18-19H,6-7,12-13H2,1-5H3. The van der Waals surface area contributed by atoms with E-state index < -0.39 is 0 Å². The summed E-state index contributed by atoms with van der Waals surface area (Å²) in [6, 6.07) is 10.2. The van der Waals surface area contributed by atoms with Crippen LogP contribution in [0.1, 0.15) is 34.1 Å². The van der Waals surface area contributed by atoms with Crippen molar-refractivity contribution in [3.05, 3.63) is 24.3 Å². The van der Waals surface area contributed by atoms with Gasteiger partial charge in [0.05, 0.1) is 0 Å². The number of nitrogens with zero attached hydrogens (tertiary/aromatic N) is 2. The Morgan fingerprint density at radius 3 is 2.33 bits per heavy atom. The summed E-state index contributed by atoms with van der Waals surface area (Å²) in [4.78, 5) is 4.84. The maximum Gasteiger partial charge on any atom is 0.0367 e. The number of hydrogen-bond donors (Lipinski definition) is 1. The summed E-state index contributed by atoms with van der Waals surface area (Å²) in [5, 5.41) is 3.74. The van der Waals surface area contributed by atoms with Crippen molar-refractivity contribution in [2.75, 3.05) is 36.9 Å². The fraction of sp³-hybridized carbons (Fsp3) is 0.667. The van der Waals surface area contributed by atoms with Crippen LogP contribution in [0.15, 0.2) is 24.3 Å². The van der Waals surface area contributed by atoms with Crippen molar-refractivity contribution in [2.45, 2.75) is 46.2 Å². The number of piperidine rings is 1. The SMILES string of the molecule is CCN(CC)c1ccc(NC2CC(C)N(C)CC2C)cc1. The second-order valence-electron chi connectivity index (χ2n) is 6.47. The lowest BCUT2D eigenvalue weighted by Crippen LogP contribution is -2.48. The van der Waals surface area contributed by atoms with Crippen LogP contribution in [0.4, 0.5) is 11.4 Å². The first-order chi connectivity index (χ1) is 10.0. The first-order valence-corrected chi connectivity index (χ1v) is 8.36. The molecule has 3 nitrogen and oxygen atoms in total. The van der Waals surface area contributed by atoms with Crippen molar-refractivity contribution in [2.24, 2.45) is 5.92 Å². The molecule has 3 atom stereocenters. The molecule has 0 aromatic heterocycles. The van der Waals surface area contributed by atoms with Crippen molar-refractivity contribution >= 4 is 11.4 Å². The van der Waals surface area contributed by atoms with Crippen LogP contribution < -0.4 is 10.2 Å². The Morgan fingerprint density at radius 1 is 1.14 bits per heavy atom. The first-order valence-electron chi connectivity index (χ1n) is 8.36. The molecule has 0 bridgehead atoms. The lowest BCUT2D eigenvalue weighted by Gasteiger charge is -2.40. The predicted molar refractivity (Wildman–Crippen MR) is 93.3 cm³/mol. The van der Waals surface area contributed by atoms with Gasteiger partial charge in [-0.05, 0) is 64.4 Å². The molecule has 0 spiro atoms. The molecule has 1 aromatic carbocycles. The van der Waals surface area contributed by atoms with Gasteiger partial charge in [0, 0.05) is 43.1 Å². The highest BCUT2D eigenvalue weighted by molar-refractivity contribution is 5.55. The first kappa shape index (κ1) is 16.2. The molecule has 3 unspecified atom stereocenters. The molecule has 0 saturated carbocycles. The Balaban J connectivity index is 2.00. The minimum atomic E-state index is 0.579. The van der Waals surface area contributed by atoms with Crippen LogP contribution in [0.3, 0.4) is 0 Å². The fourth-order valence-electron chi connectivity index (χ4n) is 3.31. The van der Waals surface area contributed by atoms with Crippen molar-refractivity contribution < 1.29 is 0 Å². The lowest BCUT2D eigenvalue weighted by molar-refractivity contribution is 0.145. The van der Waals surface area contributed by atoms with Crippen LogP contribution in [0.2, 0.25) is 0 Å². The van der Waals surface area contributed by atoms with Gasteiger partial charge in [0.25, 0.3) is 0 Å². The Hall–Kier alpha value is -1.22. The maximum atomic E-state index is 3.74. The van der Waals surface area contributed by atoms with Gasteiger partial charge in [-0.25, -0.2) is 0 Å². The van der Waals surface area contributed by atoms with E-state index >= 15 is 0 Å². The summed E-state index contributed by atoms with van der Waals surface area (Å²) < 4.78 is 0. The topological polar surface area (TPSA) is 18.5 Å². The molecule has 1 saturated heterocycles. The van der Waals surface area contributed by atoms with E-state index in [0.717, 1.165) is 13.1 Å². The van der Waals surface area contributed by atoms with E-state index in [2.05, 4.69) is 74.1 Å². The third-order valence-electron chi connectivity index (χ3n) is 4.96. The van der Waals surface area contributed by atoms with E-state index in [1.807, 2.05) is 0 Å². The third-order valence-corrected chi connectivity index (χ3v) is 4.96. The molecule has 1 aliphatic rings. The maximum absolute atomic E-state index is 3.74. The zero-order chi connectivity index (χ0) is 15.4. The average molecular weight is 289 g/mol. The van der Waals surface area contributed by atoms with E-state index in [0.29, 0.717) is 18.0 Å². The van der Waals surface area contributed by atoms with E-state index in [9.17, 15) is 0 Å². The molecule has 1 aromatic rings. The van der Waals surface area contributed by atoms with Gasteiger partial charge in [-0.15, -0.1) is 0 Å². The quantitative estimate of drug-likeness (QED) is 0.892. The van der Waals surface area contributed by atoms with E-state index in [1.165, 1.54) is 24.3 Å². The molecule has 1 N–H and O–H groups in total. The Kier molecular flexibility index (Phi) is 5.51. The highest BCUT2D eigenvalue weighted by Gasteiger charge is 2.28. The Labute approximate surface area is 130 Å². The van der Waals surface area contributed by atoms with Gasteiger partial charge in [0.15, 0.2) is 0 Å². The van der Waals surface area contributed by atoms with Gasteiger partial charge >= 0.3 is 0 Å². The molecule has 118 valence electrons. The zero-order valence-electron chi connectivity index (χ0n) is 14.3. The van der Waals surface area contributed by atoms with Gasteiger partial charge in [-0.3, -0.25) is 0 Å². The molecule has 21 heavy (non-hydrogen) atoms. The number of anilines is 2. The highest BCUT2D eigenvalue weighted by atomic mass is 15.2. The van der Waals surface area contributed by atoms with E-state index in [1.54, 1.807) is 0 Å². The van der Waals surface area contributed by atoms with Gasteiger partial charge in [-0.2, -0.15) is 0 Å². The normalized spacial score (nSPS) is 26.6. The van der Waals surface area contributed by atoms with Crippen LogP contribution in [-0.2, 0) is 0 Å². The van der Waals surface area contributed by atoms with Crippen molar-refractivity contribution in [3.8, 4) is 0 Å². The number of benzene rings is 1. The molecular formula is C18H31N3. The minimum Gasteiger partial charge on any atom is -0.382 e. The van der Waals surface area contributed by atoms with Gasteiger partial charge in [0.1, 0.15) is 0 Å². The Morgan fingerprint density at radius 2 is 1.76 bits per heavy atom. The van der Waals surface area contributed by atoms with Crippen molar-refractivity contribution in [1.29, 1.82) is 0 Å². The number of likely N-dealkylation sites (tertiary alicyclic amines) is 1. The number of rotatable bonds is 5. The number of nitrogens with one attached hydrogen (secondary N) is 1. The predicted octanol–water partition coefficient (Wildman–Crippen LogP) is 3.67.